The third kappa shape index (κ3) is 3.43. The van der Waals surface area contributed by atoms with Crippen molar-refractivity contribution < 1.29 is 8.42 Å². The number of halogens is 1. The monoisotopic (exact) mass is 392 g/mol. The molecule has 6 nitrogen and oxygen atoms in total. The van der Waals surface area contributed by atoms with Crippen LogP contribution >= 0.6 is 11.6 Å². The lowest BCUT2D eigenvalue weighted by Gasteiger charge is -2.39. The fourth-order valence-electron chi connectivity index (χ4n) is 3.62. The molecule has 1 aromatic heterocycles. The Labute approximate surface area is 158 Å². The second-order valence-corrected chi connectivity index (χ2v) is 9.09. The molecule has 0 radical (unpaired) electrons. The van der Waals surface area contributed by atoms with E-state index < -0.39 is 10.0 Å². The highest BCUT2D eigenvalue weighted by Gasteiger charge is 2.38. The van der Waals surface area contributed by atoms with Gasteiger partial charge in [0.15, 0.2) is 0 Å². The Bertz CT molecular complexity index is 866. The van der Waals surface area contributed by atoms with Crippen molar-refractivity contribution in [2.45, 2.75) is 42.7 Å². The van der Waals surface area contributed by atoms with Gasteiger partial charge in [-0.2, -0.15) is 4.31 Å². The molecule has 8 heteroatoms. The van der Waals surface area contributed by atoms with E-state index in [4.69, 9.17) is 11.6 Å². The summed E-state index contributed by atoms with van der Waals surface area (Å²) < 4.78 is 27.4. The van der Waals surface area contributed by atoms with Gasteiger partial charge in [-0.3, -0.25) is 0 Å². The zero-order valence-corrected chi connectivity index (χ0v) is 15.9. The fraction of sp³-hybridized carbons (Fsp3) is 0.444. The Kier molecular flexibility index (Phi) is 4.86. The van der Waals surface area contributed by atoms with Crippen molar-refractivity contribution >= 4 is 27.4 Å². The molecule has 1 aliphatic heterocycles. The Hall–Kier alpha value is -1.70. The molecular formula is C18H21ClN4O2S. The molecule has 1 aliphatic carbocycles. The summed E-state index contributed by atoms with van der Waals surface area (Å²) in [7, 11) is -3.55. The van der Waals surface area contributed by atoms with E-state index in [1.165, 1.54) is 12.8 Å². The summed E-state index contributed by atoms with van der Waals surface area (Å²) in [6, 6.07) is 9.38. The van der Waals surface area contributed by atoms with Gasteiger partial charge in [-0.05, 0) is 43.9 Å². The third-order valence-corrected chi connectivity index (χ3v) is 7.44. The first-order valence-corrected chi connectivity index (χ1v) is 10.7. The van der Waals surface area contributed by atoms with Crippen molar-refractivity contribution in [1.82, 2.24) is 14.3 Å². The van der Waals surface area contributed by atoms with Gasteiger partial charge in [0.05, 0.1) is 5.02 Å². The molecule has 0 amide bonds. The second kappa shape index (κ2) is 7.13. The summed E-state index contributed by atoms with van der Waals surface area (Å²) in [5, 5.41) is 0.273. The minimum absolute atomic E-state index is 0.190. The first-order valence-electron chi connectivity index (χ1n) is 8.86. The third-order valence-electron chi connectivity index (χ3n) is 5.04. The molecule has 0 bridgehead atoms. The van der Waals surface area contributed by atoms with Crippen LogP contribution in [0.15, 0.2) is 47.8 Å². The van der Waals surface area contributed by atoms with Crippen molar-refractivity contribution in [2.24, 2.45) is 0 Å². The molecule has 138 valence electrons. The van der Waals surface area contributed by atoms with Crippen LogP contribution in [0.4, 0.5) is 5.82 Å². The zero-order valence-electron chi connectivity index (χ0n) is 14.3. The summed E-state index contributed by atoms with van der Waals surface area (Å²) in [6.07, 6.45) is 7.23. The van der Waals surface area contributed by atoms with E-state index in [0.29, 0.717) is 25.2 Å². The predicted octanol–water partition coefficient (Wildman–Crippen LogP) is 2.95. The minimum atomic E-state index is -3.55. The minimum Gasteiger partial charge on any atom is -0.350 e. The number of hydrogen-bond donors (Lipinski definition) is 0. The summed E-state index contributed by atoms with van der Waals surface area (Å²) in [4.78, 5) is 11.0. The summed E-state index contributed by atoms with van der Waals surface area (Å²) in [5.74, 6) is 0.940. The van der Waals surface area contributed by atoms with Crippen molar-refractivity contribution in [3.8, 4) is 0 Å². The van der Waals surface area contributed by atoms with Crippen LogP contribution in [-0.2, 0) is 10.0 Å². The maximum atomic E-state index is 12.9. The molecular weight excluding hydrogens is 372 g/mol. The molecule has 0 atom stereocenters. The van der Waals surface area contributed by atoms with E-state index in [9.17, 15) is 8.42 Å². The molecule has 26 heavy (non-hydrogen) atoms. The van der Waals surface area contributed by atoms with Gasteiger partial charge in [-0.1, -0.05) is 23.7 Å². The topological polar surface area (TPSA) is 66.4 Å². The lowest BCUT2D eigenvalue weighted by atomic mass is 10.0. The van der Waals surface area contributed by atoms with Crippen LogP contribution in [0.1, 0.15) is 25.7 Å². The Morgan fingerprint density at radius 1 is 1.04 bits per heavy atom. The highest BCUT2D eigenvalue weighted by atomic mass is 35.5. The van der Waals surface area contributed by atoms with Crippen LogP contribution in [0.3, 0.4) is 0 Å². The Morgan fingerprint density at radius 2 is 1.73 bits per heavy atom. The number of nitrogens with zero attached hydrogens (tertiary/aromatic N) is 4. The predicted molar refractivity (Wildman–Crippen MR) is 101 cm³/mol. The van der Waals surface area contributed by atoms with Gasteiger partial charge in [0.2, 0.25) is 10.0 Å². The summed E-state index contributed by atoms with van der Waals surface area (Å²) >= 11 is 6.11. The quantitative estimate of drug-likeness (QED) is 0.782. The molecule has 0 N–H and O–H groups in total. The van der Waals surface area contributed by atoms with Crippen LogP contribution in [0.5, 0.6) is 0 Å². The SMILES string of the molecule is O=S(=O)(c1ccccc1Cl)N1CCC(N(c2ccncn2)C2CC2)CC1. The maximum absolute atomic E-state index is 12.9. The first kappa shape index (κ1) is 17.7. The molecule has 2 aliphatic rings. The Morgan fingerprint density at radius 3 is 2.35 bits per heavy atom. The lowest BCUT2D eigenvalue weighted by Crippen LogP contribution is -2.48. The summed E-state index contributed by atoms with van der Waals surface area (Å²) in [5.41, 5.74) is 0. The molecule has 2 heterocycles. The molecule has 0 spiro atoms. The number of piperidine rings is 1. The van der Waals surface area contributed by atoms with Crippen LogP contribution in [0, 0.1) is 0 Å². The molecule has 1 aromatic carbocycles. The van der Waals surface area contributed by atoms with E-state index in [1.54, 1.807) is 41.1 Å². The van der Waals surface area contributed by atoms with Gasteiger partial charge in [0.25, 0.3) is 0 Å². The van der Waals surface area contributed by atoms with Crippen molar-refractivity contribution in [1.29, 1.82) is 0 Å². The van der Waals surface area contributed by atoms with E-state index in [1.807, 2.05) is 6.07 Å². The van der Waals surface area contributed by atoms with Gasteiger partial charge in [-0.15, -0.1) is 0 Å². The lowest BCUT2D eigenvalue weighted by molar-refractivity contribution is 0.308. The number of anilines is 1. The normalized spacial score (nSPS) is 19.4. The number of rotatable bonds is 5. The van der Waals surface area contributed by atoms with Crippen molar-refractivity contribution in [2.75, 3.05) is 18.0 Å². The largest absolute Gasteiger partial charge is 0.350 e. The van der Waals surface area contributed by atoms with E-state index in [0.717, 1.165) is 18.7 Å². The second-order valence-electron chi connectivity index (χ2n) is 6.77. The van der Waals surface area contributed by atoms with E-state index in [-0.39, 0.29) is 9.92 Å². The number of hydrogen-bond acceptors (Lipinski definition) is 5. The average molecular weight is 393 g/mol. The summed E-state index contributed by atoms with van der Waals surface area (Å²) in [6.45, 7) is 0.985. The van der Waals surface area contributed by atoms with Gasteiger partial charge in [0.1, 0.15) is 17.0 Å². The fourth-order valence-corrected chi connectivity index (χ4v) is 5.58. The number of benzene rings is 1. The average Bonchev–Trinajstić information content (AvgIpc) is 3.48. The zero-order chi connectivity index (χ0) is 18.1. The molecule has 4 rings (SSSR count). The Balaban J connectivity index is 1.49. The maximum Gasteiger partial charge on any atom is 0.244 e. The molecule has 2 aromatic rings. The van der Waals surface area contributed by atoms with Crippen molar-refractivity contribution in [3.05, 3.63) is 47.9 Å². The van der Waals surface area contributed by atoms with Crippen LogP contribution < -0.4 is 4.90 Å². The van der Waals surface area contributed by atoms with Crippen LogP contribution in [0.2, 0.25) is 5.02 Å². The molecule has 1 saturated heterocycles. The van der Waals surface area contributed by atoms with E-state index in [2.05, 4.69) is 14.9 Å². The highest BCUT2D eigenvalue weighted by molar-refractivity contribution is 7.89. The highest BCUT2D eigenvalue weighted by Crippen LogP contribution is 2.36. The van der Waals surface area contributed by atoms with Gasteiger partial charge >= 0.3 is 0 Å². The molecule has 2 fully saturated rings. The smallest absolute Gasteiger partial charge is 0.244 e. The van der Waals surface area contributed by atoms with Crippen LogP contribution in [-0.4, -0.2) is 47.9 Å². The molecule has 0 unspecified atom stereocenters. The van der Waals surface area contributed by atoms with Gasteiger partial charge < -0.3 is 4.90 Å². The van der Waals surface area contributed by atoms with Gasteiger partial charge in [-0.25, -0.2) is 18.4 Å². The first-order chi connectivity index (χ1) is 12.6. The van der Waals surface area contributed by atoms with E-state index >= 15 is 0 Å². The molecule has 1 saturated carbocycles. The van der Waals surface area contributed by atoms with Gasteiger partial charge in [0, 0.05) is 31.4 Å². The number of aromatic nitrogens is 2. The number of sulfonamides is 1. The van der Waals surface area contributed by atoms with Crippen molar-refractivity contribution in [3.63, 3.8) is 0 Å². The van der Waals surface area contributed by atoms with Crippen LogP contribution in [0.25, 0.3) is 0 Å². The standard InChI is InChI=1S/C18H21ClN4O2S/c19-16-3-1-2-4-17(16)26(24,25)22-11-8-15(9-12-22)23(14-5-6-14)18-7-10-20-13-21-18/h1-4,7,10,13-15H,5-6,8-9,11-12H2.